The van der Waals surface area contributed by atoms with Gasteiger partial charge in [-0.05, 0) is 39.9 Å². The number of hydrogen-bond acceptors (Lipinski definition) is 2. The highest BCUT2D eigenvalue weighted by Gasteiger charge is 2.28. The van der Waals surface area contributed by atoms with E-state index in [1.54, 1.807) is 0 Å². The molecule has 0 aliphatic carbocycles. The largest absolute Gasteiger partial charge is 0.310 e. The second-order valence-electron chi connectivity index (χ2n) is 3.92. The molecule has 0 radical (unpaired) electrons. The van der Waals surface area contributed by atoms with Gasteiger partial charge in [-0.3, -0.25) is 0 Å². The highest BCUT2D eigenvalue weighted by Crippen LogP contribution is 2.18. The maximum Gasteiger partial charge on any atom is 0.0280 e. The van der Waals surface area contributed by atoms with Gasteiger partial charge in [0.15, 0.2) is 0 Å². The summed E-state index contributed by atoms with van der Waals surface area (Å²) in [7, 11) is 2.19. The van der Waals surface area contributed by atoms with Crippen molar-refractivity contribution in [3.05, 3.63) is 0 Å². The van der Waals surface area contributed by atoms with Gasteiger partial charge >= 0.3 is 0 Å². The fourth-order valence-corrected chi connectivity index (χ4v) is 1.80. The first-order valence-corrected chi connectivity index (χ1v) is 4.60. The average Bonchev–Trinajstić information content (AvgIpc) is 2.36. The predicted molar refractivity (Wildman–Crippen MR) is 48.8 cm³/mol. The van der Waals surface area contributed by atoms with Crippen LogP contribution in [0.25, 0.3) is 0 Å². The number of likely N-dealkylation sites (N-methyl/N-ethyl adjacent to an activating group) is 1. The van der Waals surface area contributed by atoms with Crippen molar-refractivity contribution in [2.45, 2.75) is 32.2 Å². The van der Waals surface area contributed by atoms with Gasteiger partial charge in [-0.25, -0.2) is 0 Å². The molecule has 1 N–H and O–H groups in total. The van der Waals surface area contributed by atoms with Crippen LogP contribution < -0.4 is 5.32 Å². The van der Waals surface area contributed by atoms with Gasteiger partial charge in [-0.15, -0.1) is 0 Å². The zero-order chi connectivity index (χ0) is 8.32. The van der Waals surface area contributed by atoms with E-state index in [0.29, 0.717) is 5.54 Å². The van der Waals surface area contributed by atoms with E-state index in [2.05, 4.69) is 31.1 Å². The molecule has 2 heteroatoms. The van der Waals surface area contributed by atoms with Crippen molar-refractivity contribution in [1.82, 2.24) is 10.2 Å². The Hall–Kier alpha value is -0.0800. The lowest BCUT2D eigenvalue weighted by molar-refractivity contribution is 0.249. The van der Waals surface area contributed by atoms with Crippen LogP contribution in [0.5, 0.6) is 0 Å². The molecule has 0 saturated carbocycles. The molecule has 1 aliphatic heterocycles. The average molecular weight is 156 g/mol. The van der Waals surface area contributed by atoms with Crippen LogP contribution in [0, 0.1) is 0 Å². The summed E-state index contributed by atoms with van der Waals surface area (Å²) in [5.74, 6) is 0. The summed E-state index contributed by atoms with van der Waals surface area (Å²) >= 11 is 0. The second-order valence-corrected chi connectivity index (χ2v) is 3.92. The van der Waals surface area contributed by atoms with Crippen molar-refractivity contribution in [3.63, 3.8) is 0 Å². The molecule has 0 spiro atoms. The molecule has 0 bridgehead atoms. The molecule has 1 rings (SSSR count). The van der Waals surface area contributed by atoms with Crippen LogP contribution in [-0.2, 0) is 0 Å². The fourth-order valence-electron chi connectivity index (χ4n) is 1.80. The van der Waals surface area contributed by atoms with Gasteiger partial charge < -0.3 is 10.2 Å². The molecule has 1 saturated heterocycles. The first-order valence-electron chi connectivity index (χ1n) is 4.60. The number of nitrogens with zero attached hydrogens (tertiary/aromatic N) is 1. The fraction of sp³-hybridized carbons (Fsp3) is 1.00. The molecule has 0 aromatic rings. The molecule has 1 fully saturated rings. The zero-order valence-corrected chi connectivity index (χ0v) is 7.98. The van der Waals surface area contributed by atoms with Crippen LogP contribution >= 0.6 is 0 Å². The van der Waals surface area contributed by atoms with E-state index < -0.39 is 0 Å². The van der Waals surface area contributed by atoms with Gasteiger partial charge in [0.1, 0.15) is 0 Å². The van der Waals surface area contributed by atoms with E-state index in [1.807, 2.05) is 0 Å². The Bertz CT molecular complexity index is 117. The lowest BCUT2D eigenvalue weighted by Gasteiger charge is -2.29. The van der Waals surface area contributed by atoms with Crippen LogP contribution in [0.3, 0.4) is 0 Å². The highest BCUT2D eigenvalue weighted by atomic mass is 15.1. The summed E-state index contributed by atoms with van der Waals surface area (Å²) in [6, 6.07) is 0. The summed E-state index contributed by atoms with van der Waals surface area (Å²) in [5, 5.41) is 3.56. The van der Waals surface area contributed by atoms with Gasteiger partial charge in [0.05, 0.1) is 0 Å². The lowest BCUT2D eigenvalue weighted by Crippen LogP contribution is -2.46. The Balaban J connectivity index is 2.33. The molecule has 0 aromatic carbocycles. The third-order valence-electron chi connectivity index (χ3n) is 2.62. The van der Waals surface area contributed by atoms with Crippen molar-refractivity contribution in [2.75, 3.05) is 26.7 Å². The van der Waals surface area contributed by atoms with Gasteiger partial charge in [0.2, 0.25) is 0 Å². The molecule has 1 unspecified atom stereocenters. The van der Waals surface area contributed by atoms with E-state index >= 15 is 0 Å². The van der Waals surface area contributed by atoms with E-state index in [-0.39, 0.29) is 0 Å². The summed E-state index contributed by atoms with van der Waals surface area (Å²) in [6.07, 6.45) is 2.67. The predicted octanol–water partition coefficient (Wildman–Crippen LogP) is 1.08. The van der Waals surface area contributed by atoms with Crippen LogP contribution in [0.4, 0.5) is 0 Å². The molecule has 0 aromatic heterocycles. The third-order valence-corrected chi connectivity index (χ3v) is 2.62. The second kappa shape index (κ2) is 3.55. The van der Waals surface area contributed by atoms with Gasteiger partial charge in [-0.1, -0.05) is 6.92 Å². The minimum Gasteiger partial charge on any atom is -0.310 e. The van der Waals surface area contributed by atoms with E-state index in [0.717, 1.165) is 6.54 Å². The quantitative estimate of drug-likeness (QED) is 0.658. The third kappa shape index (κ3) is 2.46. The minimum absolute atomic E-state index is 0.394. The zero-order valence-electron chi connectivity index (χ0n) is 7.98. The summed E-state index contributed by atoms with van der Waals surface area (Å²) in [5.41, 5.74) is 0.394. The Morgan fingerprint density at radius 1 is 1.55 bits per heavy atom. The normalized spacial score (nSPS) is 31.6. The van der Waals surface area contributed by atoms with Crippen molar-refractivity contribution in [3.8, 4) is 0 Å². The standard InChI is InChI=1S/C9H20N2/c1-4-11(3)8-9(2)6-5-7-10-9/h10H,4-8H2,1-3H3. The molecule has 0 amide bonds. The first kappa shape index (κ1) is 9.01. The maximum atomic E-state index is 3.56. The van der Waals surface area contributed by atoms with Crippen molar-refractivity contribution < 1.29 is 0 Å². The van der Waals surface area contributed by atoms with E-state index in [4.69, 9.17) is 0 Å². The van der Waals surface area contributed by atoms with Crippen LogP contribution in [0.2, 0.25) is 0 Å². The minimum atomic E-state index is 0.394. The smallest absolute Gasteiger partial charge is 0.0280 e. The monoisotopic (exact) mass is 156 g/mol. The van der Waals surface area contributed by atoms with Crippen LogP contribution in [0.15, 0.2) is 0 Å². The van der Waals surface area contributed by atoms with Crippen LogP contribution in [0.1, 0.15) is 26.7 Å². The van der Waals surface area contributed by atoms with Crippen molar-refractivity contribution >= 4 is 0 Å². The van der Waals surface area contributed by atoms with Gasteiger partial charge in [-0.2, -0.15) is 0 Å². The molecule has 66 valence electrons. The molecule has 1 atom stereocenters. The Morgan fingerprint density at radius 2 is 2.27 bits per heavy atom. The molecule has 1 heterocycles. The summed E-state index contributed by atoms with van der Waals surface area (Å²) in [6.45, 7) is 8.07. The molecule has 1 aliphatic rings. The Labute approximate surface area is 70.0 Å². The highest BCUT2D eigenvalue weighted by molar-refractivity contribution is 4.90. The summed E-state index contributed by atoms with van der Waals surface area (Å²) < 4.78 is 0. The van der Waals surface area contributed by atoms with E-state index in [1.165, 1.54) is 25.9 Å². The number of rotatable bonds is 3. The molecular formula is C9H20N2. The first-order chi connectivity index (χ1) is 5.16. The van der Waals surface area contributed by atoms with Crippen molar-refractivity contribution in [2.24, 2.45) is 0 Å². The van der Waals surface area contributed by atoms with Gasteiger partial charge in [0.25, 0.3) is 0 Å². The van der Waals surface area contributed by atoms with E-state index in [9.17, 15) is 0 Å². The number of hydrogen-bond donors (Lipinski definition) is 1. The van der Waals surface area contributed by atoms with Gasteiger partial charge in [0, 0.05) is 12.1 Å². The molecule has 2 nitrogen and oxygen atoms in total. The Morgan fingerprint density at radius 3 is 2.73 bits per heavy atom. The topological polar surface area (TPSA) is 15.3 Å². The molecular weight excluding hydrogens is 136 g/mol. The van der Waals surface area contributed by atoms with Crippen molar-refractivity contribution in [1.29, 1.82) is 0 Å². The van der Waals surface area contributed by atoms with Crippen LogP contribution in [-0.4, -0.2) is 37.1 Å². The lowest BCUT2D eigenvalue weighted by atomic mass is 10.00. The maximum absolute atomic E-state index is 3.56. The number of nitrogens with one attached hydrogen (secondary N) is 1. The SMILES string of the molecule is CCN(C)CC1(C)CCCN1. The molecule has 11 heavy (non-hydrogen) atoms. The summed E-state index contributed by atoms with van der Waals surface area (Å²) in [4.78, 5) is 2.37. The Kier molecular flexibility index (Phi) is 2.90.